The molecule has 2 N–H and O–H groups in total. The minimum Gasteiger partial charge on any atom is -0.480 e. The van der Waals surface area contributed by atoms with E-state index in [0.29, 0.717) is 6.42 Å². The van der Waals surface area contributed by atoms with Crippen LogP contribution < -0.4 is 5.32 Å². The lowest BCUT2D eigenvalue weighted by atomic mass is 10.0. The number of rotatable bonds is 7. The van der Waals surface area contributed by atoms with Crippen LogP contribution in [0.4, 0.5) is 0 Å². The fourth-order valence-corrected chi connectivity index (χ4v) is 4.86. The van der Waals surface area contributed by atoms with E-state index < -0.39 is 27.8 Å². The zero-order valence-electron chi connectivity index (χ0n) is 13.8. The second-order valence-electron chi connectivity index (χ2n) is 5.93. The number of benzene rings is 1. The molecule has 1 atom stereocenters. The predicted octanol–water partition coefficient (Wildman–Crippen LogP) is 2.81. The van der Waals surface area contributed by atoms with Crippen molar-refractivity contribution >= 4 is 33.1 Å². The summed E-state index contributed by atoms with van der Waals surface area (Å²) < 4.78 is 25.1. The molecule has 0 fully saturated rings. The Labute approximate surface area is 150 Å². The Morgan fingerprint density at radius 3 is 2.32 bits per heavy atom. The number of sulfone groups is 1. The van der Waals surface area contributed by atoms with Gasteiger partial charge in [0.15, 0.2) is 0 Å². The smallest absolute Gasteiger partial charge is 0.326 e. The van der Waals surface area contributed by atoms with Crippen LogP contribution in [0.5, 0.6) is 0 Å². The Hall–Kier alpha value is -2.19. The van der Waals surface area contributed by atoms with E-state index in [0.717, 1.165) is 11.3 Å². The summed E-state index contributed by atoms with van der Waals surface area (Å²) in [6.07, 6.45) is 0.293. The maximum Gasteiger partial charge on any atom is 0.326 e. The largest absolute Gasteiger partial charge is 0.480 e. The minimum atomic E-state index is -3.69. The van der Waals surface area contributed by atoms with Crippen molar-refractivity contribution in [2.75, 3.05) is 0 Å². The maximum atomic E-state index is 12.5. The highest BCUT2D eigenvalue weighted by Gasteiger charge is 2.25. The fourth-order valence-electron chi connectivity index (χ4n) is 2.22. The predicted molar refractivity (Wildman–Crippen MR) is 94.6 cm³/mol. The Balaban J connectivity index is 2.20. The van der Waals surface area contributed by atoms with Crippen LogP contribution in [0.2, 0.25) is 0 Å². The van der Waals surface area contributed by atoms with Crippen LogP contribution in [0.3, 0.4) is 0 Å². The molecule has 6 nitrogen and oxygen atoms in total. The first-order valence-corrected chi connectivity index (χ1v) is 9.95. The molecule has 0 radical (unpaired) electrons. The summed E-state index contributed by atoms with van der Waals surface area (Å²) in [6.45, 7) is 3.72. The van der Waals surface area contributed by atoms with Crippen LogP contribution in [0.1, 0.15) is 29.9 Å². The lowest BCUT2D eigenvalue weighted by Gasteiger charge is -2.15. The van der Waals surface area contributed by atoms with E-state index in [9.17, 15) is 23.1 Å². The zero-order valence-corrected chi connectivity index (χ0v) is 15.4. The van der Waals surface area contributed by atoms with Gasteiger partial charge in [0.1, 0.15) is 10.3 Å². The normalized spacial score (nSPS) is 12.8. The SMILES string of the molecule is CC(C)C[C@H](NC(=O)c1ccc(S(=O)(=O)c2ccccc2)s1)C(=O)O. The lowest BCUT2D eigenvalue weighted by molar-refractivity contribution is -0.139. The van der Waals surface area contributed by atoms with E-state index in [1.807, 2.05) is 13.8 Å². The molecule has 0 saturated carbocycles. The number of hydrogen-bond donors (Lipinski definition) is 2. The van der Waals surface area contributed by atoms with Gasteiger partial charge in [-0.05, 0) is 36.6 Å². The third kappa shape index (κ3) is 4.67. The van der Waals surface area contributed by atoms with E-state index in [4.69, 9.17) is 0 Å². The molecule has 2 aromatic rings. The van der Waals surface area contributed by atoms with Crippen LogP contribution in [0.15, 0.2) is 51.6 Å². The van der Waals surface area contributed by atoms with Crippen molar-refractivity contribution in [2.45, 2.75) is 35.4 Å². The van der Waals surface area contributed by atoms with Crippen LogP contribution in [-0.4, -0.2) is 31.4 Å². The minimum absolute atomic E-state index is 0.0413. The first kappa shape index (κ1) is 19.1. The van der Waals surface area contributed by atoms with Crippen LogP contribution in [-0.2, 0) is 14.6 Å². The van der Waals surface area contributed by atoms with E-state index in [1.165, 1.54) is 24.3 Å². The molecular formula is C17H19NO5S2. The molecule has 1 heterocycles. The summed E-state index contributed by atoms with van der Waals surface area (Å²) in [6, 6.07) is 9.67. The molecule has 1 amide bonds. The van der Waals surface area contributed by atoms with Crippen molar-refractivity contribution in [1.82, 2.24) is 5.32 Å². The number of carboxylic acid groups (broad SMARTS) is 1. The average molecular weight is 381 g/mol. The second kappa shape index (κ2) is 7.79. The second-order valence-corrected chi connectivity index (χ2v) is 9.19. The van der Waals surface area contributed by atoms with Crippen LogP contribution >= 0.6 is 11.3 Å². The highest BCUT2D eigenvalue weighted by molar-refractivity contribution is 7.93. The van der Waals surface area contributed by atoms with E-state index in [-0.39, 0.29) is 19.9 Å². The number of nitrogens with one attached hydrogen (secondary N) is 1. The van der Waals surface area contributed by atoms with Gasteiger partial charge in [0.25, 0.3) is 5.91 Å². The maximum absolute atomic E-state index is 12.5. The number of thiophene rings is 1. The number of hydrogen-bond acceptors (Lipinski definition) is 5. The van der Waals surface area contributed by atoms with Crippen molar-refractivity contribution in [2.24, 2.45) is 5.92 Å². The summed E-state index contributed by atoms with van der Waals surface area (Å²) in [4.78, 5) is 23.8. The zero-order chi connectivity index (χ0) is 18.6. The summed E-state index contributed by atoms with van der Waals surface area (Å²) >= 11 is 0.822. The molecule has 0 saturated heterocycles. The number of aliphatic carboxylic acids is 1. The topological polar surface area (TPSA) is 101 Å². The third-order valence-corrected chi connectivity index (χ3v) is 6.78. The van der Waals surface area contributed by atoms with Gasteiger partial charge in [-0.15, -0.1) is 11.3 Å². The standard InChI is InChI=1S/C17H19NO5S2/c1-11(2)10-13(17(20)21)18-16(19)14-8-9-15(24-14)25(22,23)12-6-4-3-5-7-12/h3-9,11,13H,10H2,1-2H3,(H,18,19)(H,20,21)/t13-/m0/s1. The number of carbonyl (C=O) groups is 2. The molecule has 25 heavy (non-hydrogen) atoms. The van der Waals surface area contributed by atoms with Gasteiger partial charge in [-0.3, -0.25) is 4.79 Å². The van der Waals surface area contributed by atoms with Gasteiger partial charge in [-0.25, -0.2) is 13.2 Å². The quantitative estimate of drug-likeness (QED) is 0.768. The van der Waals surface area contributed by atoms with Gasteiger partial charge >= 0.3 is 5.97 Å². The number of carbonyl (C=O) groups excluding carboxylic acids is 1. The van der Waals surface area contributed by atoms with Crippen LogP contribution in [0.25, 0.3) is 0 Å². The van der Waals surface area contributed by atoms with Crippen molar-refractivity contribution in [1.29, 1.82) is 0 Å². The van der Waals surface area contributed by atoms with Crippen molar-refractivity contribution in [3.8, 4) is 0 Å². The van der Waals surface area contributed by atoms with E-state index >= 15 is 0 Å². The van der Waals surface area contributed by atoms with Crippen molar-refractivity contribution < 1.29 is 23.1 Å². The fraction of sp³-hybridized carbons (Fsp3) is 0.294. The van der Waals surface area contributed by atoms with Crippen molar-refractivity contribution in [3.05, 3.63) is 47.3 Å². The first-order valence-electron chi connectivity index (χ1n) is 7.65. The summed E-state index contributed by atoms with van der Waals surface area (Å²) in [7, 11) is -3.69. The lowest BCUT2D eigenvalue weighted by Crippen LogP contribution is -2.41. The molecule has 0 aliphatic carbocycles. The molecule has 0 aliphatic rings. The Kier molecular flexibility index (Phi) is 5.97. The van der Waals surface area contributed by atoms with Crippen LogP contribution in [0, 0.1) is 5.92 Å². The van der Waals surface area contributed by atoms with Gasteiger partial charge < -0.3 is 10.4 Å². The van der Waals surface area contributed by atoms with Crippen molar-refractivity contribution in [3.63, 3.8) is 0 Å². The number of carboxylic acids is 1. The average Bonchev–Trinajstić information content (AvgIpc) is 3.05. The molecule has 0 aliphatic heterocycles. The molecule has 134 valence electrons. The summed E-state index contributed by atoms with van der Waals surface area (Å²) in [5, 5.41) is 11.6. The Morgan fingerprint density at radius 2 is 1.76 bits per heavy atom. The van der Waals surface area contributed by atoms with E-state index in [2.05, 4.69) is 5.32 Å². The third-order valence-electron chi connectivity index (χ3n) is 3.43. The van der Waals surface area contributed by atoms with Gasteiger partial charge in [-0.2, -0.15) is 0 Å². The highest BCUT2D eigenvalue weighted by atomic mass is 32.2. The van der Waals surface area contributed by atoms with Gasteiger partial charge in [0, 0.05) is 0 Å². The molecule has 0 spiro atoms. The molecule has 8 heteroatoms. The van der Waals surface area contributed by atoms with E-state index in [1.54, 1.807) is 18.2 Å². The first-order chi connectivity index (χ1) is 11.7. The summed E-state index contributed by atoms with van der Waals surface area (Å²) in [5.41, 5.74) is 0. The van der Waals surface area contributed by atoms with Gasteiger partial charge in [0.05, 0.1) is 9.77 Å². The number of amides is 1. The molecule has 0 unspecified atom stereocenters. The van der Waals surface area contributed by atoms with Gasteiger partial charge in [0.2, 0.25) is 9.84 Å². The summed E-state index contributed by atoms with van der Waals surface area (Å²) in [5.74, 6) is -1.61. The molecule has 2 rings (SSSR count). The Bertz CT molecular complexity index is 856. The Morgan fingerprint density at radius 1 is 1.12 bits per heavy atom. The highest BCUT2D eigenvalue weighted by Crippen LogP contribution is 2.27. The van der Waals surface area contributed by atoms with Gasteiger partial charge in [-0.1, -0.05) is 32.0 Å². The molecule has 1 aromatic heterocycles. The molecular weight excluding hydrogens is 362 g/mol. The molecule has 0 bridgehead atoms. The molecule has 1 aromatic carbocycles. The monoisotopic (exact) mass is 381 g/mol.